The molecule has 2 fully saturated rings. The Hall–Kier alpha value is -1.67. The summed E-state index contributed by atoms with van der Waals surface area (Å²) in [5, 5.41) is 12.2. The molecule has 158 valence electrons. The number of methoxy groups -OCH3 is 1. The molecule has 0 bridgehead atoms. The highest BCUT2D eigenvalue weighted by atomic mass is 16.5. The Morgan fingerprint density at radius 2 is 2.00 bits per heavy atom. The summed E-state index contributed by atoms with van der Waals surface area (Å²) in [7, 11) is 3.70. The molecule has 0 spiro atoms. The van der Waals surface area contributed by atoms with E-state index in [4.69, 9.17) is 14.5 Å². The van der Waals surface area contributed by atoms with E-state index in [-0.39, 0.29) is 0 Å². The van der Waals surface area contributed by atoms with Gasteiger partial charge >= 0.3 is 0 Å². The van der Waals surface area contributed by atoms with Gasteiger partial charge in [-0.15, -0.1) is 10.2 Å². The molecule has 1 saturated heterocycles. The molecule has 8 heteroatoms. The van der Waals surface area contributed by atoms with Crippen molar-refractivity contribution in [3.63, 3.8) is 0 Å². The molecule has 1 aliphatic heterocycles. The fourth-order valence-corrected chi connectivity index (χ4v) is 3.95. The van der Waals surface area contributed by atoms with Crippen molar-refractivity contribution >= 4 is 5.96 Å². The van der Waals surface area contributed by atoms with E-state index in [0.717, 1.165) is 43.7 Å². The minimum Gasteiger partial charge on any atom is -0.382 e. The SMILES string of the molecule is COCCOCC1CCN(C(=NCc2nnc(C)n2C)NC2CCCCC2)C1. The monoisotopic (exact) mass is 392 g/mol. The summed E-state index contributed by atoms with van der Waals surface area (Å²) in [6.45, 7) is 6.65. The molecular weight excluding hydrogens is 356 g/mol. The van der Waals surface area contributed by atoms with Gasteiger partial charge in [0, 0.05) is 39.2 Å². The average Bonchev–Trinajstić information content (AvgIpc) is 3.31. The second-order valence-corrected chi connectivity index (χ2v) is 8.01. The van der Waals surface area contributed by atoms with Crippen LogP contribution in [0.1, 0.15) is 50.2 Å². The Morgan fingerprint density at radius 1 is 1.18 bits per heavy atom. The van der Waals surface area contributed by atoms with Crippen LogP contribution in [0.15, 0.2) is 4.99 Å². The number of nitrogens with zero attached hydrogens (tertiary/aromatic N) is 5. The normalized spacial score (nSPS) is 21.5. The van der Waals surface area contributed by atoms with Gasteiger partial charge in [0.05, 0.1) is 19.8 Å². The van der Waals surface area contributed by atoms with E-state index < -0.39 is 0 Å². The van der Waals surface area contributed by atoms with E-state index in [2.05, 4.69) is 20.4 Å². The van der Waals surface area contributed by atoms with Crippen molar-refractivity contribution in [1.29, 1.82) is 0 Å². The molecule has 1 N–H and O–H groups in total. The number of aliphatic imine (C=N–C) groups is 1. The molecule has 1 aliphatic carbocycles. The highest BCUT2D eigenvalue weighted by Crippen LogP contribution is 2.20. The van der Waals surface area contributed by atoms with Crippen LogP contribution in [0.5, 0.6) is 0 Å². The lowest BCUT2D eigenvalue weighted by Gasteiger charge is -2.29. The first-order valence-corrected chi connectivity index (χ1v) is 10.6. The number of likely N-dealkylation sites (tertiary alicyclic amines) is 1. The number of rotatable bonds is 8. The van der Waals surface area contributed by atoms with Crippen molar-refractivity contribution in [2.75, 3.05) is 40.0 Å². The van der Waals surface area contributed by atoms with Crippen molar-refractivity contribution in [3.05, 3.63) is 11.6 Å². The highest BCUT2D eigenvalue weighted by molar-refractivity contribution is 5.80. The summed E-state index contributed by atoms with van der Waals surface area (Å²) >= 11 is 0. The topological polar surface area (TPSA) is 76.8 Å². The lowest BCUT2D eigenvalue weighted by molar-refractivity contribution is 0.0536. The van der Waals surface area contributed by atoms with Crippen LogP contribution in [0.25, 0.3) is 0 Å². The zero-order chi connectivity index (χ0) is 19.8. The molecule has 1 aromatic heterocycles. The van der Waals surface area contributed by atoms with Gasteiger partial charge in [-0.25, -0.2) is 4.99 Å². The molecule has 1 aromatic rings. The maximum absolute atomic E-state index is 5.75. The van der Waals surface area contributed by atoms with E-state index in [0.29, 0.717) is 31.7 Å². The summed E-state index contributed by atoms with van der Waals surface area (Å²) in [6.07, 6.45) is 7.58. The first-order valence-electron chi connectivity index (χ1n) is 10.6. The van der Waals surface area contributed by atoms with Gasteiger partial charge in [-0.1, -0.05) is 19.3 Å². The summed E-state index contributed by atoms with van der Waals surface area (Å²) in [5.74, 6) is 3.39. The van der Waals surface area contributed by atoms with Gasteiger partial charge in [-0.2, -0.15) is 0 Å². The maximum Gasteiger partial charge on any atom is 0.194 e. The van der Waals surface area contributed by atoms with Crippen molar-refractivity contribution < 1.29 is 9.47 Å². The number of hydrogen-bond acceptors (Lipinski definition) is 5. The predicted molar refractivity (Wildman–Crippen MR) is 109 cm³/mol. The molecule has 1 unspecified atom stereocenters. The first-order chi connectivity index (χ1) is 13.7. The molecule has 0 aromatic carbocycles. The fourth-order valence-electron chi connectivity index (χ4n) is 3.95. The van der Waals surface area contributed by atoms with E-state index >= 15 is 0 Å². The number of aryl methyl sites for hydroxylation is 1. The number of hydrogen-bond donors (Lipinski definition) is 1. The van der Waals surface area contributed by atoms with Crippen LogP contribution >= 0.6 is 0 Å². The molecule has 2 heterocycles. The fraction of sp³-hybridized carbons (Fsp3) is 0.850. The van der Waals surface area contributed by atoms with Crippen molar-refractivity contribution in [3.8, 4) is 0 Å². The summed E-state index contributed by atoms with van der Waals surface area (Å²) in [6, 6.07) is 0.533. The third-order valence-corrected chi connectivity index (χ3v) is 5.86. The summed E-state index contributed by atoms with van der Waals surface area (Å²) < 4.78 is 12.8. The lowest BCUT2D eigenvalue weighted by atomic mass is 9.96. The Balaban J connectivity index is 1.60. The summed E-state index contributed by atoms with van der Waals surface area (Å²) in [5.41, 5.74) is 0. The Kier molecular flexibility index (Phi) is 8.09. The standard InChI is InChI=1S/C20H36N6O2/c1-16-23-24-19(25(16)2)13-21-20(22-18-7-5-4-6-8-18)26-10-9-17(14-26)15-28-12-11-27-3/h17-18H,4-15H2,1-3H3,(H,21,22). The quantitative estimate of drug-likeness (QED) is 0.414. The Bertz CT molecular complexity index is 626. The van der Waals surface area contributed by atoms with Gasteiger partial charge in [0.15, 0.2) is 11.8 Å². The Labute approximate surface area is 168 Å². The van der Waals surface area contributed by atoms with Crippen LogP contribution in [0, 0.1) is 12.8 Å². The van der Waals surface area contributed by atoms with E-state index in [1.165, 1.54) is 32.1 Å². The number of ether oxygens (including phenoxy) is 2. The Morgan fingerprint density at radius 3 is 2.71 bits per heavy atom. The van der Waals surface area contributed by atoms with Crippen molar-refractivity contribution in [2.24, 2.45) is 18.0 Å². The molecule has 1 atom stereocenters. The zero-order valence-corrected chi connectivity index (χ0v) is 17.7. The molecule has 28 heavy (non-hydrogen) atoms. The van der Waals surface area contributed by atoms with Gasteiger partial charge < -0.3 is 24.3 Å². The van der Waals surface area contributed by atoms with Gasteiger partial charge in [0.25, 0.3) is 0 Å². The van der Waals surface area contributed by atoms with Crippen LogP contribution in [-0.2, 0) is 23.1 Å². The van der Waals surface area contributed by atoms with E-state index in [1.807, 2.05) is 18.5 Å². The van der Waals surface area contributed by atoms with Gasteiger partial charge in [-0.3, -0.25) is 0 Å². The van der Waals surface area contributed by atoms with Gasteiger partial charge in [-0.05, 0) is 26.2 Å². The minimum atomic E-state index is 0.533. The second-order valence-electron chi connectivity index (χ2n) is 8.01. The minimum absolute atomic E-state index is 0.533. The van der Waals surface area contributed by atoms with Crippen LogP contribution < -0.4 is 5.32 Å². The first kappa shape index (κ1) is 21.0. The number of guanidine groups is 1. The smallest absolute Gasteiger partial charge is 0.194 e. The second kappa shape index (κ2) is 10.8. The van der Waals surface area contributed by atoms with E-state index in [1.54, 1.807) is 7.11 Å². The largest absolute Gasteiger partial charge is 0.382 e. The average molecular weight is 393 g/mol. The van der Waals surface area contributed by atoms with Crippen LogP contribution in [0.3, 0.4) is 0 Å². The summed E-state index contributed by atoms with van der Waals surface area (Å²) in [4.78, 5) is 7.33. The van der Waals surface area contributed by atoms with E-state index in [9.17, 15) is 0 Å². The van der Waals surface area contributed by atoms with Crippen molar-refractivity contribution in [1.82, 2.24) is 25.0 Å². The van der Waals surface area contributed by atoms with Gasteiger partial charge in [0.1, 0.15) is 12.4 Å². The number of aromatic nitrogens is 3. The molecule has 0 radical (unpaired) electrons. The highest BCUT2D eigenvalue weighted by Gasteiger charge is 2.27. The van der Waals surface area contributed by atoms with Crippen LogP contribution in [0.4, 0.5) is 0 Å². The third kappa shape index (κ3) is 5.91. The van der Waals surface area contributed by atoms with Crippen LogP contribution in [-0.4, -0.2) is 71.7 Å². The van der Waals surface area contributed by atoms with Crippen molar-refractivity contribution in [2.45, 2.75) is 58.0 Å². The third-order valence-electron chi connectivity index (χ3n) is 5.86. The molecule has 8 nitrogen and oxygen atoms in total. The molecule has 2 aliphatic rings. The maximum atomic E-state index is 5.75. The zero-order valence-electron chi connectivity index (χ0n) is 17.7. The van der Waals surface area contributed by atoms with Crippen LogP contribution in [0.2, 0.25) is 0 Å². The molecular formula is C20H36N6O2. The lowest BCUT2D eigenvalue weighted by Crippen LogP contribution is -2.46. The van der Waals surface area contributed by atoms with Gasteiger partial charge in [0.2, 0.25) is 0 Å². The number of nitrogens with one attached hydrogen (secondary N) is 1. The molecule has 3 rings (SSSR count). The molecule has 0 amide bonds. The molecule has 1 saturated carbocycles. The predicted octanol–water partition coefficient (Wildman–Crippen LogP) is 1.89.